The van der Waals surface area contributed by atoms with E-state index >= 15 is 0 Å². The van der Waals surface area contributed by atoms with Gasteiger partial charge in [-0.05, 0) is 63.3 Å². The minimum atomic E-state index is -0.894. The van der Waals surface area contributed by atoms with Crippen molar-refractivity contribution in [1.82, 2.24) is 14.7 Å². The quantitative estimate of drug-likeness (QED) is 0.369. The highest BCUT2D eigenvalue weighted by Crippen LogP contribution is 2.29. The number of imidazole rings is 1. The molecular formula is C29H36N4O3. The van der Waals surface area contributed by atoms with Crippen molar-refractivity contribution in [3.05, 3.63) is 65.5 Å². The Labute approximate surface area is 212 Å². The van der Waals surface area contributed by atoms with E-state index < -0.39 is 12.0 Å². The van der Waals surface area contributed by atoms with Crippen LogP contribution in [0, 0.1) is 5.92 Å². The Morgan fingerprint density at radius 3 is 2.47 bits per heavy atom. The summed E-state index contributed by atoms with van der Waals surface area (Å²) >= 11 is 0. The van der Waals surface area contributed by atoms with Crippen LogP contribution in [0.5, 0.6) is 0 Å². The Morgan fingerprint density at radius 2 is 1.81 bits per heavy atom. The SMILES string of the molecule is CC(C)(C)Nc1c(/C=C\c2ccccc2)nc2c(C(=O)NC(CC(=O)O)C3CCCCC3)cccn12. The molecule has 0 aliphatic heterocycles. The molecule has 3 aromatic rings. The molecule has 1 aliphatic carbocycles. The van der Waals surface area contributed by atoms with Crippen LogP contribution in [-0.4, -0.2) is 37.9 Å². The second kappa shape index (κ2) is 11.0. The molecule has 1 atom stereocenters. The maximum Gasteiger partial charge on any atom is 0.305 e. The van der Waals surface area contributed by atoms with Gasteiger partial charge in [0.25, 0.3) is 5.91 Å². The number of nitrogens with zero attached hydrogens (tertiary/aromatic N) is 2. The van der Waals surface area contributed by atoms with Gasteiger partial charge in [-0.2, -0.15) is 0 Å². The van der Waals surface area contributed by atoms with Crippen LogP contribution in [0.2, 0.25) is 0 Å². The molecule has 1 fully saturated rings. The van der Waals surface area contributed by atoms with Gasteiger partial charge in [-0.3, -0.25) is 14.0 Å². The number of carboxylic acid groups (broad SMARTS) is 1. The number of carboxylic acids is 1. The number of pyridine rings is 1. The van der Waals surface area contributed by atoms with E-state index in [1.54, 1.807) is 6.07 Å². The van der Waals surface area contributed by atoms with Gasteiger partial charge >= 0.3 is 5.97 Å². The van der Waals surface area contributed by atoms with E-state index in [1.165, 1.54) is 6.42 Å². The fourth-order valence-corrected chi connectivity index (χ4v) is 4.90. The average molecular weight is 489 g/mol. The number of aliphatic carboxylic acids is 1. The standard InChI is InChI=1S/C29H36N4O3/c1-29(2,3)32-27-23(17-16-20-11-6-4-7-12-20)30-26-22(15-10-18-33(26)27)28(36)31-24(19-25(34)35)21-13-8-5-9-14-21/h4,6-7,10-12,15-18,21,24,32H,5,8-9,13-14,19H2,1-3H3,(H,31,36)(H,34,35)/b17-16-. The Morgan fingerprint density at radius 1 is 1.08 bits per heavy atom. The second-order valence-corrected chi connectivity index (χ2v) is 10.7. The zero-order chi connectivity index (χ0) is 25.7. The molecular weight excluding hydrogens is 452 g/mol. The molecule has 0 spiro atoms. The number of carbonyl (C=O) groups is 2. The summed E-state index contributed by atoms with van der Waals surface area (Å²) in [5.74, 6) is -0.201. The molecule has 1 unspecified atom stereocenters. The summed E-state index contributed by atoms with van der Waals surface area (Å²) in [5, 5.41) is 16.1. The van der Waals surface area contributed by atoms with Gasteiger partial charge in [0.1, 0.15) is 11.5 Å². The number of benzene rings is 1. The Balaban J connectivity index is 1.70. The van der Waals surface area contributed by atoms with E-state index in [2.05, 4.69) is 31.4 Å². The van der Waals surface area contributed by atoms with Crippen molar-refractivity contribution in [2.75, 3.05) is 5.32 Å². The number of aromatic nitrogens is 2. The normalized spacial score (nSPS) is 15.8. The van der Waals surface area contributed by atoms with Gasteiger partial charge in [-0.15, -0.1) is 0 Å². The zero-order valence-electron chi connectivity index (χ0n) is 21.3. The molecule has 3 N–H and O–H groups in total. The molecule has 1 aromatic carbocycles. The van der Waals surface area contributed by atoms with E-state index in [0.717, 1.165) is 42.8 Å². The number of anilines is 1. The molecule has 0 radical (unpaired) electrons. The van der Waals surface area contributed by atoms with Crippen molar-refractivity contribution in [3.8, 4) is 0 Å². The lowest BCUT2D eigenvalue weighted by Crippen LogP contribution is -2.42. The summed E-state index contributed by atoms with van der Waals surface area (Å²) in [6.45, 7) is 6.23. The molecule has 1 amide bonds. The first-order valence-corrected chi connectivity index (χ1v) is 12.8. The van der Waals surface area contributed by atoms with E-state index in [-0.39, 0.29) is 23.8 Å². The van der Waals surface area contributed by atoms with E-state index in [0.29, 0.717) is 11.2 Å². The van der Waals surface area contributed by atoms with Crippen molar-refractivity contribution in [1.29, 1.82) is 0 Å². The fourth-order valence-electron chi connectivity index (χ4n) is 4.90. The summed E-state index contributed by atoms with van der Waals surface area (Å²) in [6.07, 6.45) is 11.0. The van der Waals surface area contributed by atoms with Crippen molar-refractivity contribution in [2.24, 2.45) is 5.92 Å². The van der Waals surface area contributed by atoms with Crippen LogP contribution in [0.3, 0.4) is 0 Å². The summed E-state index contributed by atoms with van der Waals surface area (Å²) in [5.41, 5.74) is 2.52. The lowest BCUT2D eigenvalue weighted by atomic mass is 9.82. The third kappa shape index (κ3) is 6.33. The molecule has 1 saturated carbocycles. The number of rotatable bonds is 8. The smallest absolute Gasteiger partial charge is 0.305 e. The first-order valence-electron chi connectivity index (χ1n) is 12.8. The highest BCUT2D eigenvalue weighted by molar-refractivity contribution is 6.01. The minimum absolute atomic E-state index is 0.0736. The number of nitrogens with one attached hydrogen (secondary N) is 2. The van der Waals surface area contributed by atoms with Crippen molar-refractivity contribution >= 4 is 35.5 Å². The molecule has 2 heterocycles. The Bertz CT molecular complexity index is 1230. The van der Waals surface area contributed by atoms with Crippen LogP contribution in [0.1, 0.15) is 80.9 Å². The lowest BCUT2D eigenvalue weighted by molar-refractivity contribution is -0.137. The number of hydrogen-bond donors (Lipinski definition) is 3. The van der Waals surface area contributed by atoms with Crippen LogP contribution in [-0.2, 0) is 4.79 Å². The first kappa shape index (κ1) is 25.5. The van der Waals surface area contributed by atoms with Gasteiger partial charge in [0.2, 0.25) is 0 Å². The highest BCUT2D eigenvalue weighted by Gasteiger charge is 2.28. The van der Waals surface area contributed by atoms with Gasteiger partial charge in [0, 0.05) is 17.8 Å². The third-order valence-corrected chi connectivity index (χ3v) is 6.58. The Hall–Kier alpha value is -3.61. The van der Waals surface area contributed by atoms with Crippen LogP contribution in [0.25, 0.3) is 17.8 Å². The molecule has 7 heteroatoms. The molecule has 4 rings (SSSR count). The van der Waals surface area contributed by atoms with Gasteiger partial charge in [-0.25, -0.2) is 4.98 Å². The van der Waals surface area contributed by atoms with Gasteiger partial charge in [0.05, 0.1) is 12.0 Å². The second-order valence-electron chi connectivity index (χ2n) is 10.7. The van der Waals surface area contributed by atoms with E-state index in [4.69, 9.17) is 4.98 Å². The topological polar surface area (TPSA) is 95.7 Å². The maximum absolute atomic E-state index is 13.5. The number of amides is 1. The number of fused-ring (bicyclic) bond motifs is 1. The average Bonchev–Trinajstić information content (AvgIpc) is 3.19. The van der Waals surface area contributed by atoms with Crippen LogP contribution in [0.4, 0.5) is 5.82 Å². The van der Waals surface area contributed by atoms with E-state index in [9.17, 15) is 14.7 Å². The van der Waals surface area contributed by atoms with Crippen molar-refractivity contribution in [3.63, 3.8) is 0 Å². The molecule has 36 heavy (non-hydrogen) atoms. The van der Waals surface area contributed by atoms with Crippen LogP contribution in [0.15, 0.2) is 48.7 Å². The van der Waals surface area contributed by atoms with E-state index in [1.807, 2.05) is 59.1 Å². The minimum Gasteiger partial charge on any atom is -0.481 e. The number of carbonyl (C=O) groups excluding carboxylic acids is 1. The molecule has 0 bridgehead atoms. The van der Waals surface area contributed by atoms with Gasteiger partial charge < -0.3 is 15.7 Å². The number of hydrogen-bond acceptors (Lipinski definition) is 4. The summed E-state index contributed by atoms with van der Waals surface area (Å²) in [4.78, 5) is 29.9. The highest BCUT2D eigenvalue weighted by atomic mass is 16.4. The molecule has 2 aromatic heterocycles. The maximum atomic E-state index is 13.5. The first-order chi connectivity index (χ1) is 17.2. The third-order valence-electron chi connectivity index (χ3n) is 6.58. The fraction of sp³-hybridized carbons (Fsp3) is 0.414. The molecule has 0 saturated heterocycles. The monoisotopic (exact) mass is 488 g/mol. The summed E-state index contributed by atoms with van der Waals surface area (Å²) in [6, 6.07) is 13.2. The van der Waals surface area contributed by atoms with Gasteiger partial charge in [0.15, 0.2) is 5.65 Å². The molecule has 1 aliphatic rings. The predicted molar refractivity (Wildman–Crippen MR) is 144 cm³/mol. The van der Waals surface area contributed by atoms with Crippen LogP contribution >= 0.6 is 0 Å². The van der Waals surface area contributed by atoms with Gasteiger partial charge in [-0.1, -0.05) is 55.7 Å². The largest absolute Gasteiger partial charge is 0.481 e. The van der Waals surface area contributed by atoms with Crippen LogP contribution < -0.4 is 10.6 Å². The summed E-state index contributed by atoms with van der Waals surface area (Å²) < 4.78 is 1.90. The predicted octanol–water partition coefficient (Wildman–Crippen LogP) is 5.87. The zero-order valence-corrected chi connectivity index (χ0v) is 21.3. The molecule has 190 valence electrons. The van der Waals surface area contributed by atoms with Crippen molar-refractivity contribution < 1.29 is 14.7 Å². The Kier molecular flexibility index (Phi) is 7.77. The van der Waals surface area contributed by atoms with Crippen molar-refractivity contribution in [2.45, 2.75) is 70.9 Å². The lowest BCUT2D eigenvalue weighted by Gasteiger charge is -2.30. The molecule has 7 nitrogen and oxygen atoms in total. The summed E-state index contributed by atoms with van der Waals surface area (Å²) in [7, 11) is 0.